The minimum Gasteiger partial charge on any atom is -0.456 e. The van der Waals surface area contributed by atoms with Gasteiger partial charge in [-0.25, -0.2) is 0 Å². The van der Waals surface area contributed by atoms with Crippen molar-refractivity contribution in [2.24, 2.45) is 5.92 Å². The predicted molar refractivity (Wildman–Crippen MR) is 82.6 cm³/mol. The lowest BCUT2D eigenvalue weighted by Crippen LogP contribution is -2.40. The van der Waals surface area contributed by atoms with Gasteiger partial charge in [0.2, 0.25) is 0 Å². The fourth-order valence-corrected chi connectivity index (χ4v) is 2.69. The first-order chi connectivity index (χ1) is 9.11. The average Bonchev–Trinajstić information content (AvgIpc) is 2.75. The van der Waals surface area contributed by atoms with Crippen molar-refractivity contribution in [3.63, 3.8) is 0 Å². The molecule has 1 aromatic rings. The molecule has 0 aromatic carbocycles. The first-order valence-electron chi connectivity index (χ1n) is 7.18. The first-order valence-corrected chi connectivity index (χ1v) is 7.18. The third kappa shape index (κ3) is 4.00. The number of piperidine rings is 1. The molecule has 1 saturated heterocycles. The van der Waals surface area contributed by atoms with E-state index in [0.717, 1.165) is 50.3 Å². The second kappa shape index (κ2) is 7.70. The number of amides is 1. The molecule has 0 radical (unpaired) electrons. The summed E-state index contributed by atoms with van der Waals surface area (Å²) in [5.41, 5.74) is 0.942. The highest BCUT2D eigenvalue weighted by Gasteiger charge is 2.26. The lowest BCUT2D eigenvalue weighted by molar-refractivity contribution is 0.0656. The number of carbonyl (C=O) groups excluding carboxylic acids is 1. The van der Waals surface area contributed by atoms with Gasteiger partial charge in [-0.3, -0.25) is 4.79 Å². The maximum Gasteiger partial charge on any atom is 0.289 e. The van der Waals surface area contributed by atoms with Crippen LogP contribution < -0.4 is 5.32 Å². The molecule has 1 aromatic heterocycles. The van der Waals surface area contributed by atoms with Crippen molar-refractivity contribution in [2.45, 2.75) is 33.6 Å². The van der Waals surface area contributed by atoms with Crippen LogP contribution in [-0.2, 0) is 0 Å². The Hall–Kier alpha value is -1.00. The van der Waals surface area contributed by atoms with Crippen molar-refractivity contribution < 1.29 is 9.21 Å². The van der Waals surface area contributed by atoms with E-state index in [1.807, 2.05) is 24.8 Å². The number of rotatable bonds is 4. The van der Waals surface area contributed by atoms with E-state index < -0.39 is 0 Å². The van der Waals surface area contributed by atoms with Crippen LogP contribution in [0, 0.1) is 19.8 Å². The molecule has 5 heteroatoms. The number of nitrogens with one attached hydrogen (secondary N) is 1. The van der Waals surface area contributed by atoms with Crippen LogP contribution in [0.5, 0.6) is 0 Å². The van der Waals surface area contributed by atoms with Gasteiger partial charge in [-0.15, -0.1) is 12.4 Å². The molecule has 1 aliphatic rings. The number of hydrogen-bond donors (Lipinski definition) is 1. The third-order valence-corrected chi connectivity index (χ3v) is 3.82. The van der Waals surface area contributed by atoms with Crippen molar-refractivity contribution in [1.82, 2.24) is 10.2 Å². The van der Waals surface area contributed by atoms with Crippen molar-refractivity contribution in [1.29, 1.82) is 0 Å². The molecular formula is C15H25ClN2O2. The molecule has 2 heterocycles. The minimum absolute atomic E-state index is 0. The predicted octanol–water partition coefficient (Wildman–Crippen LogP) is 2.78. The lowest BCUT2D eigenvalue weighted by Gasteiger charge is -2.31. The summed E-state index contributed by atoms with van der Waals surface area (Å²) in [5, 5.41) is 3.38. The van der Waals surface area contributed by atoms with E-state index in [-0.39, 0.29) is 18.3 Å². The van der Waals surface area contributed by atoms with Crippen molar-refractivity contribution >= 4 is 18.3 Å². The molecule has 2 rings (SSSR count). The van der Waals surface area contributed by atoms with Gasteiger partial charge in [0.15, 0.2) is 5.76 Å². The molecule has 0 spiro atoms. The van der Waals surface area contributed by atoms with Crippen LogP contribution in [0.4, 0.5) is 0 Å². The summed E-state index contributed by atoms with van der Waals surface area (Å²) >= 11 is 0. The Balaban J connectivity index is 0.00000200. The number of carbonyl (C=O) groups is 1. The highest BCUT2D eigenvalue weighted by molar-refractivity contribution is 5.93. The summed E-state index contributed by atoms with van der Waals surface area (Å²) in [6, 6.07) is 1.92. The van der Waals surface area contributed by atoms with E-state index in [4.69, 9.17) is 4.42 Å². The maximum atomic E-state index is 12.4. The van der Waals surface area contributed by atoms with Crippen LogP contribution >= 0.6 is 12.4 Å². The number of furan rings is 1. The van der Waals surface area contributed by atoms with Gasteiger partial charge in [0.05, 0.1) is 0 Å². The average molecular weight is 301 g/mol. The van der Waals surface area contributed by atoms with Gasteiger partial charge < -0.3 is 14.6 Å². The molecule has 20 heavy (non-hydrogen) atoms. The van der Waals surface area contributed by atoms with Crippen LogP contribution in [0.25, 0.3) is 0 Å². The Morgan fingerprint density at radius 1 is 1.40 bits per heavy atom. The van der Waals surface area contributed by atoms with Crippen molar-refractivity contribution in [2.75, 3.05) is 26.2 Å². The van der Waals surface area contributed by atoms with E-state index >= 15 is 0 Å². The summed E-state index contributed by atoms with van der Waals surface area (Å²) in [4.78, 5) is 14.3. The highest BCUT2D eigenvalue weighted by Crippen LogP contribution is 2.21. The molecule has 114 valence electrons. The topological polar surface area (TPSA) is 45.5 Å². The van der Waals surface area contributed by atoms with Crippen LogP contribution in [0.15, 0.2) is 10.5 Å². The smallest absolute Gasteiger partial charge is 0.289 e. The quantitative estimate of drug-likeness (QED) is 0.930. The SMILES string of the molecule is CCNCC1CCN(C(=O)c2oc(C)cc2C)CC1.Cl. The van der Waals surface area contributed by atoms with Gasteiger partial charge in [0.25, 0.3) is 5.91 Å². The van der Waals surface area contributed by atoms with Crippen LogP contribution in [0.2, 0.25) is 0 Å². The van der Waals surface area contributed by atoms with Gasteiger partial charge in [-0.1, -0.05) is 6.92 Å². The monoisotopic (exact) mass is 300 g/mol. The van der Waals surface area contributed by atoms with Crippen molar-refractivity contribution in [3.05, 3.63) is 23.2 Å². The highest BCUT2D eigenvalue weighted by atomic mass is 35.5. The largest absolute Gasteiger partial charge is 0.456 e. The molecule has 0 bridgehead atoms. The molecule has 0 aliphatic carbocycles. The Bertz CT molecular complexity index is 437. The Labute approximate surface area is 127 Å². The number of halogens is 1. The molecule has 0 unspecified atom stereocenters. The van der Waals surface area contributed by atoms with Crippen LogP contribution in [0.1, 0.15) is 41.6 Å². The van der Waals surface area contributed by atoms with Gasteiger partial charge in [-0.05, 0) is 51.8 Å². The van der Waals surface area contributed by atoms with Gasteiger partial charge >= 0.3 is 0 Å². The van der Waals surface area contributed by atoms with Crippen LogP contribution in [-0.4, -0.2) is 37.0 Å². The number of hydrogen-bond acceptors (Lipinski definition) is 3. The molecule has 0 saturated carbocycles. The number of nitrogens with zero attached hydrogens (tertiary/aromatic N) is 1. The van der Waals surface area contributed by atoms with E-state index in [9.17, 15) is 4.79 Å². The maximum absolute atomic E-state index is 12.4. The molecule has 4 nitrogen and oxygen atoms in total. The van der Waals surface area contributed by atoms with Gasteiger partial charge in [-0.2, -0.15) is 0 Å². The van der Waals surface area contributed by atoms with E-state index in [1.54, 1.807) is 0 Å². The molecule has 1 aliphatic heterocycles. The second-order valence-electron chi connectivity index (χ2n) is 5.41. The molecular weight excluding hydrogens is 276 g/mol. The normalized spacial score (nSPS) is 16.1. The molecule has 0 atom stereocenters. The standard InChI is InChI=1S/C15H24N2O2.ClH/c1-4-16-10-13-5-7-17(8-6-13)15(18)14-11(2)9-12(3)19-14;/h9,13,16H,4-8,10H2,1-3H3;1H. The van der Waals surface area contributed by atoms with Crippen LogP contribution in [0.3, 0.4) is 0 Å². The number of aryl methyl sites for hydroxylation is 2. The summed E-state index contributed by atoms with van der Waals surface area (Å²) in [6.07, 6.45) is 2.16. The fraction of sp³-hybridized carbons (Fsp3) is 0.667. The second-order valence-corrected chi connectivity index (χ2v) is 5.41. The summed E-state index contributed by atoms with van der Waals surface area (Å²) in [7, 11) is 0. The molecule has 1 fully saturated rings. The van der Waals surface area contributed by atoms with Gasteiger partial charge in [0, 0.05) is 18.7 Å². The Morgan fingerprint density at radius 2 is 2.05 bits per heavy atom. The zero-order valence-electron chi connectivity index (χ0n) is 12.6. The first kappa shape index (κ1) is 17.1. The third-order valence-electron chi connectivity index (χ3n) is 3.82. The van der Waals surface area contributed by atoms with E-state index in [1.165, 1.54) is 0 Å². The zero-order chi connectivity index (χ0) is 13.8. The summed E-state index contributed by atoms with van der Waals surface area (Å²) in [6.45, 7) is 9.71. The Morgan fingerprint density at radius 3 is 2.55 bits per heavy atom. The fourth-order valence-electron chi connectivity index (χ4n) is 2.69. The summed E-state index contributed by atoms with van der Waals surface area (Å²) < 4.78 is 5.52. The molecule has 1 amide bonds. The van der Waals surface area contributed by atoms with Crippen molar-refractivity contribution in [3.8, 4) is 0 Å². The zero-order valence-corrected chi connectivity index (χ0v) is 13.4. The summed E-state index contributed by atoms with van der Waals surface area (Å²) in [5.74, 6) is 2.07. The van der Waals surface area contributed by atoms with E-state index in [0.29, 0.717) is 11.7 Å². The van der Waals surface area contributed by atoms with Gasteiger partial charge in [0.1, 0.15) is 5.76 Å². The Kier molecular flexibility index (Phi) is 6.56. The lowest BCUT2D eigenvalue weighted by atomic mass is 9.96. The number of likely N-dealkylation sites (tertiary alicyclic amines) is 1. The molecule has 1 N–H and O–H groups in total. The minimum atomic E-state index is 0. The van der Waals surface area contributed by atoms with E-state index in [2.05, 4.69) is 12.2 Å².